The van der Waals surface area contributed by atoms with Gasteiger partial charge in [-0.1, -0.05) is 5.92 Å². The molecule has 0 amide bonds. The Balaban J connectivity index is 1.32. The molecule has 3 N–H and O–H groups in total. The summed E-state index contributed by atoms with van der Waals surface area (Å²) >= 11 is 0. The lowest BCUT2D eigenvalue weighted by atomic mass is 9.91. The minimum atomic E-state index is -1.83. The third-order valence-corrected chi connectivity index (χ3v) is 10.3. The molecule has 3 aromatic carbocycles. The summed E-state index contributed by atoms with van der Waals surface area (Å²) < 4.78 is 98.1. The van der Waals surface area contributed by atoms with Crippen LogP contribution in [0.1, 0.15) is 37.7 Å². The second-order valence-electron chi connectivity index (χ2n) is 13.1. The lowest BCUT2D eigenvalue weighted by Crippen LogP contribution is -2.51. The van der Waals surface area contributed by atoms with Crippen LogP contribution in [-0.4, -0.2) is 71.4 Å². The van der Waals surface area contributed by atoms with E-state index in [1.54, 1.807) is 0 Å². The molecule has 0 aliphatic carbocycles. The molecule has 2 unspecified atom stereocenters. The lowest BCUT2D eigenvalue weighted by Gasteiger charge is -2.34. The molecule has 0 radical (unpaired) electrons. The van der Waals surface area contributed by atoms with Crippen molar-refractivity contribution in [2.24, 2.45) is 0 Å². The van der Waals surface area contributed by atoms with Crippen LogP contribution in [0.15, 0.2) is 18.2 Å². The van der Waals surface area contributed by atoms with Crippen LogP contribution in [0.25, 0.3) is 32.8 Å². The first-order chi connectivity index (χ1) is 22.6. The zero-order valence-corrected chi connectivity index (χ0v) is 25.2. The molecule has 4 aliphatic rings. The quantitative estimate of drug-likeness (QED) is 0.126. The van der Waals surface area contributed by atoms with Crippen LogP contribution in [0.4, 0.5) is 37.8 Å². The predicted octanol–water partition coefficient (Wildman–Crippen LogP) is 5.60. The number of hydrogen-bond donors (Lipinski definition) is 2. The summed E-state index contributed by atoms with van der Waals surface area (Å²) in [5.74, 6) is -5.08. The first-order valence-corrected chi connectivity index (χ1v) is 15.7. The number of nitrogens with zero attached hydrogens (tertiary/aromatic N) is 4. The molecule has 8 rings (SSSR count). The SMILES string of the molecule is C#Cc1c(F)c(F)c(F)c2cc(N)cc(-c3c(F)cc4c(N5CC6CCC(C5)N6)nc(OC[C@@]56CCCN5C[C@H](F)C6)nc4c3F)c12. The summed E-state index contributed by atoms with van der Waals surface area (Å²) in [6.07, 6.45) is 8.30. The van der Waals surface area contributed by atoms with Gasteiger partial charge in [-0.15, -0.1) is 6.42 Å². The fraction of sp³-hybridized carbons (Fsp3) is 0.412. The number of benzene rings is 3. The van der Waals surface area contributed by atoms with Gasteiger partial charge in [0, 0.05) is 60.0 Å². The van der Waals surface area contributed by atoms with E-state index in [1.807, 2.05) is 10.8 Å². The van der Waals surface area contributed by atoms with E-state index in [0.29, 0.717) is 26.1 Å². The molecule has 13 heteroatoms. The Bertz CT molecular complexity index is 2010. The maximum Gasteiger partial charge on any atom is 0.319 e. The van der Waals surface area contributed by atoms with Crippen molar-refractivity contribution in [1.82, 2.24) is 20.2 Å². The number of nitrogen functional groups attached to an aromatic ring is 1. The van der Waals surface area contributed by atoms with Gasteiger partial charge in [0.05, 0.1) is 16.7 Å². The summed E-state index contributed by atoms with van der Waals surface area (Å²) in [5, 5.41) is 2.64. The molecule has 0 saturated carbocycles. The zero-order chi connectivity index (χ0) is 32.8. The van der Waals surface area contributed by atoms with Gasteiger partial charge < -0.3 is 20.7 Å². The van der Waals surface area contributed by atoms with Crippen LogP contribution in [0.3, 0.4) is 0 Å². The molecule has 7 nitrogen and oxygen atoms in total. The van der Waals surface area contributed by atoms with Gasteiger partial charge in [-0.3, -0.25) is 4.90 Å². The number of anilines is 2. The summed E-state index contributed by atoms with van der Waals surface area (Å²) in [4.78, 5) is 13.1. The van der Waals surface area contributed by atoms with E-state index in [0.717, 1.165) is 50.4 Å². The van der Waals surface area contributed by atoms with E-state index in [-0.39, 0.29) is 52.7 Å². The molecule has 4 aromatic rings. The molecule has 0 spiro atoms. The van der Waals surface area contributed by atoms with Crippen molar-refractivity contribution in [2.75, 3.05) is 43.4 Å². The average molecular weight is 653 g/mol. The second kappa shape index (κ2) is 10.9. The lowest BCUT2D eigenvalue weighted by molar-refractivity contribution is 0.107. The van der Waals surface area contributed by atoms with E-state index < -0.39 is 62.7 Å². The fourth-order valence-corrected chi connectivity index (χ4v) is 8.20. The van der Waals surface area contributed by atoms with Gasteiger partial charge in [0.2, 0.25) is 0 Å². The number of rotatable bonds is 5. The molecule has 4 atom stereocenters. The Labute approximate surface area is 266 Å². The van der Waals surface area contributed by atoms with E-state index in [2.05, 4.69) is 20.2 Å². The van der Waals surface area contributed by atoms with Gasteiger partial charge >= 0.3 is 6.01 Å². The molecular formula is C34H30F6N6O. The number of alkyl halides is 1. The smallest absolute Gasteiger partial charge is 0.319 e. The molecule has 47 heavy (non-hydrogen) atoms. The van der Waals surface area contributed by atoms with Crippen molar-refractivity contribution in [3.63, 3.8) is 0 Å². The van der Waals surface area contributed by atoms with E-state index in [4.69, 9.17) is 16.9 Å². The zero-order valence-electron chi connectivity index (χ0n) is 25.2. The van der Waals surface area contributed by atoms with Gasteiger partial charge in [-0.25, -0.2) is 26.3 Å². The molecule has 1 aromatic heterocycles. The van der Waals surface area contributed by atoms with Crippen LogP contribution in [0.2, 0.25) is 0 Å². The molecule has 4 saturated heterocycles. The third kappa shape index (κ3) is 4.67. The summed E-state index contributed by atoms with van der Waals surface area (Å²) in [6, 6.07) is 3.37. The Hall–Kier alpha value is -4.28. The van der Waals surface area contributed by atoms with Crippen molar-refractivity contribution < 1.29 is 31.1 Å². The van der Waals surface area contributed by atoms with E-state index >= 15 is 13.2 Å². The molecule has 5 heterocycles. The van der Waals surface area contributed by atoms with Crippen LogP contribution < -0.4 is 20.7 Å². The van der Waals surface area contributed by atoms with Gasteiger partial charge in [0.15, 0.2) is 23.3 Å². The summed E-state index contributed by atoms with van der Waals surface area (Å²) in [5.41, 5.74) is 3.20. The van der Waals surface area contributed by atoms with Gasteiger partial charge in [0.1, 0.15) is 29.9 Å². The number of terminal acetylenes is 1. The highest BCUT2D eigenvalue weighted by Crippen LogP contribution is 2.44. The minimum Gasteiger partial charge on any atom is -0.461 e. The number of aromatic nitrogens is 2. The predicted molar refractivity (Wildman–Crippen MR) is 165 cm³/mol. The van der Waals surface area contributed by atoms with Crippen molar-refractivity contribution in [1.29, 1.82) is 0 Å². The topological polar surface area (TPSA) is 79.5 Å². The number of halogens is 6. The summed E-state index contributed by atoms with van der Waals surface area (Å²) in [7, 11) is 0. The van der Waals surface area contributed by atoms with Crippen LogP contribution in [0.5, 0.6) is 6.01 Å². The number of ether oxygens (including phenoxy) is 1. The van der Waals surface area contributed by atoms with Crippen molar-refractivity contribution in [3.05, 3.63) is 52.8 Å². The molecular weight excluding hydrogens is 622 g/mol. The monoisotopic (exact) mass is 652 g/mol. The van der Waals surface area contributed by atoms with Gasteiger partial charge in [-0.2, -0.15) is 9.97 Å². The Kier molecular flexibility index (Phi) is 6.97. The van der Waals surface area contributed by atoms with Crippen LogP contribution >= 0.6 is 0 Å². The Morgan fingerprint density at radius 3 is 2.49 bits per heavy atom. The minimum absolute atomic E-state index is 0.0662. The molecule has 2 bridgehead atoms. The first-order valence-electron chi connectivity index (χ1n) is 15.7. The van der Waals surface area contributed by atoms with E-state index in [1.165, 1.54) is 0 Å². The third-order valence-electron chi connectivity index (χ3n) is 10.3. The van der Waals surface area contributed by atoms with Crippen molar-refractivity contribution >= 4 is 33.2 Å². The number of piperazine rings is 1. The highest BCUT2D eigenvalue weighted by molar-refractivity contribution is 6.05. The highest BCUT2D eigenvalue weighted by Gasteiger charge is 2.49. The van der Waals surface area contributed by atoms with Gasteiger partial charge in [0.25, 0.3) is 0 Å². The Morgan fingerprint density at radius 2 is 1.74 bits per heavy atom. The maximum absolute atomic E-state index is 16.9. The highest BCUT2D eigenvalue weighted by atomic mass is 19.2. The first kappa shape index (κ1) is 30.1. The second-order valence-corrected chi connectivity index (χ2v) is 13.1. The number of fused-ring (bicyclic) bond motifs is 5. The molecule has 4 aliphatic heterocycles. The van der Waals surface area contributed by atoms with Crippen LogP contribution in [0, 0.1) is 41.4 Å². The number of nitrogens with two attached hydrogens (primary N) is 1. The van der Waals surface area contributed by atoms with Crippen molar-refractivity contribution in [3.8, 4) is 29.5 Å². The largest absolute Gasteiger partial charge is 0.461 e. The van der Waals surface area contributed by atoms with E-state index in [9.17, 15) is 13.2 Å². The summed E-state index contributed by atoms with van der Waals surface area (Å²) in [6.45, 7) is 2.20. The van der Waals surface area contributed by atoms with Crippen LogP contribution in [-0.2, 0) is 0 Å². The standard InChI is InChI=1S/C34H30F6N6O/c1-2-20-25-21(8-17(41)9-22(25)28(38)30(40)27(20)37)26-24(36)10-23-31(29(26)39)43-33(44-32(23)45-13-18-4-5-19(14-45)42-18)47-15-34-6-3-7-46(34)12-16(35)11-34/h1,8-10,16,18-19,42H,3-7,11-15,41H2/t16-,18?,19?,34+/m1/s1. The number of nitrogens with one attached hydrogen (secondary N) is 1. The van der Waals surface area contributed by atoms with Gasteiger partial charge in [-0.05, 0) is 56.0 Å². The Morgan fingerprint density at radius 1 is 0.979 bits per heavy atom. The average Bonchev–Trinajstić information content (AvgIpc) is 3.69. The number of hydrogen-bond acceptors (Lipinski definition) is 7. The normalized spacial score (nSPS) is 25.6. The van der Waals surface area contributed by atoms with Crippen molar-refractivity contribution in [2.45, 2.75) is 55.9 Å². The maximum atomic E-state index is 16.9. The molecule has 4 fully saturated rings. The molecule has 244 valence electrons. The fourth-order valence-electron chi connectivity index (χ4n) is 8.20.